The molecule has 38 heavy (non-hydrogen) atoms. The smallest absolute Gasteiger partial charge is 0.257 e. The van der Waals surface area contributed by atoms with Gasteiger partial charge in [-0.3, -0.25) is 4.79 Å². The number of rotatable bonds is 14. The molecule has 0 aliphatic carbocycles. The summed E-state index contributed by atoms with van der Waals surface area (Å²) in [6, 6.07) is 21.8. The molecule has 7 heteroatoms. The first kappa shape index (κ1) is 27.0. The summed E-state index contributed by atoms with van der Waals surface area (Å²) in [6.45, 7) is 5.94. The number of unbranched alkanes of at least 4 members (excludes halogenated alkanes) is 2. The zero-order valence-corrected chi connectivity index (χ0v) is 22.5. The van der Waals surface area contributed by atoms with Gasteiger partial charge in [0.2, 0.25) is 0 Å². The fourth-order valence-corrected chi connectivity index (χ4v) is 4.36. The Morgan fingerprint density at radius 1 is 0.921 bits per heavy atom. The van der Waals surface area contributed by atoms with Crippen LogP contribution in [0.4, 0.5) is 0 Å². The zero-order chi connectivity index (χ0) is 26.7. The first-order valence-electron chi connectivity index (χ1n) is 13.2. The highest BCUT2D eigenvalue weighted by Gasteiger charge is 2.11. The number of nitrogens with zero attached hydrogens (tertiary/aromatic N) is 2. The number of amides is 1. The van der Waals surface area contributed by atoms with Crippen molar-refractivity contribution in [1.29, 1.82) is 0 Å². The van der Waals surface area contributed by atoms with Crippen LogP contribution in [0, 0.1) is 13.8 Å². The van der Waals surface area contributed by atoms with E-state index < -0.39 is 0 Å². The van der Waals surface area contributed by atoms with E-state index in [1.54, 1.807) is 7.11 Å². The molecular weight excluding hydrogens is 478 g/mol. The standard InChI is InChI=1S/C31H37N3O4/c1-23-12-13-24(2)29(21-23)38-22-31(35)32-18-8-4-5-11-30-33-27-9-6-7-10-28(27)34(30)19-20-37-26-16-14-25(36-3)15-17-26/h6-7,9-10,12-17,21H,4-5,8,11,18-20,22H2,1-3H3,(H,32,35). The molecule has 1 aromatic heterocycles. The molecule has 4 aromatic rings. The molecule has 200 valence electrons. The Morgan fingerprint density at radius 3 is 2.53 bits per heavy atom. The highest BCUT2D eigenvalue weighted by molar-refractivity contribution is 5.77. The maximum atomic E-state index is 12.2. The van der Waals surface area contributed by atoms with Crippen LogP contribution in [0.25, 0.3) is 11.0 Å². The third-order valence-corrected chi connectivity index (χ3v) is 6.48. The van der Waals surface area contributed by atoms with E-state index in [1.165, 1.54) is 0 Å². The molecule has 3 aromatic carbocycles. The van der Waals surface area contributed by atoms with Crippen molar-refractivity contribution in [2.75, 3.05) is 26.9 Å². The average Bonchev–Trinajstić information content (AvgIpc) is 3.28. The molecule has 0 spiro atoms. The van der Waals surface area contributed by atoms with Crippen LogP contribution in [0.2, 0.25) is 0 Å². The van der Waals surface area contributed by atoms with Crippen molar-refractivity contribution in [3.05, 3.63) is 83.7 Å². The molecule has 0 bridgehead atoms. The van der Waals surface area contributed by atoms with Crippen molar-refractivity contribution >= 4 is 16.9 Å². The minimum absolute atomic E-state index is 0.0346. The number of hydrogen-bond donors (Lipinski definition) is 1. The lowest BCUT2D eigenvalue weighted by molar-refractivity contribution is -0.123. The van der Waals surface area contributed by atoms with E-state index >= 15 is 0 Å². The van der Waals surface area contributed by atoms with Gasteiger partial charge in [0.25, 0.3) is 5.91 Å². The molecule has 1 heterocycles. The first-order chi connectivity index (χ1) is 18.5. The number of para-hydroxylation sites is 2. The van der Waals surface area contributed by atoms with Gasteiger partial charge >= 0.3 is 0 Å². The number of ether oxygens (including phenoxy) is 3. The summed E-state index contributed by atoms with van der Waals surface area (Å²) in [5.74, 6) is 3.36. The van der Waals surface area contributed by atoms with Gasteiger partial charge in [-0.15, -0.1) is 0 Å². The van der Waals surface area contributed by atoms with Gasteiger partial charge in [0, 0.05) is 13.0 Å². The topological polar surface area (TPSA) is 74.6 Å². The summed E-state index contributed by atoms with van der Waals surface area (Å²) in [4.78, 5) is 17.1. The Bertz CT molecular complexity index is 1330. The summed E-state index contributed by atoms with van der Waals surface area (Å²) in [6.07, 6.45) is 3.79. The van der Waals surface area contributed by atoms with Crippen LogP contribution in [0.3, 0.4) is 0 Å². The van der Waals surface area contributed by atoms with Gasteiger partial charge in [-0.1, -0.05) is 30.7 Å². The van der Waals surface area contributed by atoms with Crippen LogP contribution in [0.15, 0.2) is 66.7 Å². The fourth-order valence-electron chi connectivity index (χ4n) is 4.36. The van der Waals surface area contributed by atoms with E-state index in [2.05, 4.69) is 22.0 Å². The normalized spacial score (nSPS) is 10.9. The number of nitrogens with one attached hydrogen (secondary N) is 1. The third kappa shape index (κ3) is 7.51. The molecule has 0 saturated carbocycles. The van der Waals surface area contributed by atoms with Crippen LogP contribution >= 0.6 is 0 Å². The second-order valence-electron chi connectivity index (χ2n) is 9.41. The molecular formula is C31H37N3O4. The molecule has 4 rings (SSSR count). The van der Waals surface area contributed by atoms with Crippen LogP contribution in [-0.2, 0) is 17.8 Å². The SMILES string of the molecule is COc1ccc(OCCn2c(CCCCCNC(=O)COc3cc(C)ccc3C)nc3ccccc32)cc1. The van der Waals surface area contributed by atoms with E-state index in [4.69, 9.17) is 19.2 Å². The molecule has 1 N–H and O–H groups in total. The number of methoxy groups -OCH3 is 1. The Morgan fingerprint density at radius 2 is 1.71 bits per heavy atom. The molecule has 0 aliphatic heterocycles. The van der Waals surface area contributed by atoms with Gasteiger partial charge in [0.1, 0.15) is 29.7 Å². The minimum Gasteiger partial charge on any atom is -0.497 e. The summed E-state index contributed by atoms with van der Waals surface area (Å²) in [5, 5.41) is 2.96. The maximum Gasteiger partial charge on any atom is 0.257 e. The number of aromatic nitrogens is 2. The molecule has 0 unspecified atom stereocenters. The van der Waals surface area contributed by atoms with Gasteiger partial charge in [-0.05, 0) is 80.3 Å². The summed E-state index contributed by atoms with van der Waals surface area (Å²) in [7, 11) is 1.65. The molecule has 0 saturated heterocycles. The van der Waals surface area contributed by atoms with Crippen molar-refractivity contribution in [3.63, 3.8) is 0 Å². The van der Waals surface area contributed by atoms with Crippen LogP contribution < -0.4 is 19.5 Å². The summed E-state index contributed by atoms with van der Waals surface area (Å²) >= 11 is 0. The number of hydrogen-bond acceptors (Lipinski definition) is 5. The third-order valence-electron chi connectivity index (χ3n) is 6.48. The minimum atomic E-state index is -0.0930. The highest BCUT2D eigenvalue weighted by Crippen LogP contribution is 2.21. The van der Waals surface area contributed by atoms with Gasteiger partial charge in [-0.2, -0.15) is 0 Å². The van der Waals surface area contributed by atoms with Gasteiger partial charge in [-0.25, -0.2) is 4.98 Å². The van der Waals surface area contributed by atoms with Crippen molar-refractivity contribution in [2.24, 2.45) is 0 Å². The maximum absolute atomic E-state index is 12.2. The quantitative estimate of drug-likeness (QED) is 0.220. The van der Waals surface area contributed by atoms with E-state index in [9.17, 15) is 4.79 Å². The van der Waals surface area contributed by atoms with Crippen molar-refractivity contribution < 1.29 is 19.0 Å². The lowest BCUT2D eigenvalue weighted by Crippen LogP contribution is -2.29. The lowest BCUT2D eigenvalue weighted by atomic mass is 10.1. The van der Waals surface area contributed by atoms with Crippen LogP contribution in [0.5, 0.6) is 17.2 Å². The molecule has 0 radical (unpaired) electrons. The van der Waals surface area contributed by atoms with E-state index in [1.807, 2.05) is 68.4 Å². The summed E-state index contributed by atoms with van der Waals surface area (Å²) < 4.78 is 19.1. The predicted octanol–water partition coefficient (Wildman–Crippen LogP) is 5.65. The van der Waals surface area contributed by atoms with Crippen molar-refractivity contribution in [2.45, 2.75) is 46.1 Å². The fraction of sp³-hybridized carbons (Fsp3) is 0.355. The Kier molecular flexibility index (Phi) is 9.62. The largest absolute Gasteiger partial charge is 0.497 e. The van der Waals surface area contributed by atoms with E-state index in [0.29, 0.717) is 13.2 Å². The Hall–Kier alpha value is -4.00. The highest BCUT2D eigenvalue weighted by atomic mass is 16.5. The molecule has 7 nitrogen and oxygen atoms in total. The van der Waals surface area contributed by atoms with E-state index in [-0.39, 0.29) is 12.5 Å². The number of carbonyl (C=O) groups is 1. The number of benzene rings is 3. The second kappa shape index (κ2) is 13.5. The first-order valence-corrected chi connectivity index (χ1v) is 13.2. The van der Waals surface area contributed by atoms with Gasteiger partial charge < -0.3 is 24.1 Å². The number of carbonyl (C=O) groups excluding carboxylic acids is 1. The van der Waals surface area contributed by atoms with Crippen molar-refractivity contribution in [1.82, 2.24) is 14.9 Å². The summed E-state index contributed by atoms with van der Waals surface area (Å²) in [5.41, 5.74) is 4.27. The Labute approximate surface area is 224 Å². The molecule has 0 aliphatic rings. The average molecular weight is 516 g/mol. The van der Waals surface area contributed by atoms with Gasteiger partial charge in [0.15, 0.2) is 6.61 Å². The second-order valence-corrected chi connectivity index (χ2v) is 9.41. The van der Waals surface area contributed by atoms with Crippen molar-refractivity contribution in [3.8, 4) is 17.2 Å². The van der Waals surface area contributed by atoms with E-state index in [0.717, 1.165) is 77.5 Å². The predicted molar refractivity (Wildman–Crippen MR) is 150 cm³/mol. The van der Waals surface area contributed by atoms with Crippen LogP contribution in [0.1, 0.15) is 36.2 Å². The Balaban J connectivity index is 1.20. The van der Waals surface area contributed by atoms with Crippen LogP contribution in [-0.4, -0.2) is 42.3 Å². The lowest BCUT2D eigenvalue weighted by Gasteiger charge is -2.12. The monoisotopic (exact) mass is 515 g/mol. The number of aryl methyl sites for hydroxylation is 3. The zero-order valence-electron chi connectivity index (χ0n) is 22.5. The molecule has 0 atom stereocenters. The molecule has 0 fully saturated rings. The van der Waals surface area contributed by atoms with Gasteiger partial charge in [0.05, 0.1) is 24.7 Å². The molecule has 1 amide bonds. The number of fused-ring (bicyclic) bond motifs is 1. The number of imidazole rings is 1.